The van der Waals surface area contributed by atoms with Crippen LogP contribution in [0.4, 0.5) is 5.82 Å². The number of hydrogen-bond donors (Lipinski definition) is 3. The van der Waals surface area contributed by atoms with Crippen molar-refractivity contribution in [2.75, 3.05) is 24.7 Å². The first-order valence-corrected chi connectivity index (χ1v) is 8.24. The molecule has 1 aromatic heterocycles. The highest BCUT2D eigenvalue weighted by atomic mass is 32.2. The van der Waals surface area contributed by atoms with E-state index in [9.17, 15) is 8.42 Å². The zero-order valence-corrected chi connectivity index (χ0v) is 11.2. The first-order valence-electron chi connectivity index (χ1n) is 6.29. The van der Waals surface area contributed by atoms with E-state index in [0.29, 0.717) is 12.5 Å². The smallest absolute Gasteiger partial charge is 0.156 e. The molecule has 1 aliphatic carbocycles. The SMILES string of the molecule is CS(=O)(=O)C1CCc2c(NC3CCNC3)n[nH]c21. The van der Waals surface area contributed by atoms with Gasteiger partial charge in [0.05, 0.1) is 5.69 Å². The third kappa shape index (κ3) is 2.01. The van der Waals surface area contributed by atoms with Crippen molar-refractivity contribution in [3.05, 3.63) is 11.3 Å². The molecule has 3 N–H and O–H groups in total. The minimum absolute atomic E-state index is 0.398. The second-order valence-electron chi connectivity index (χ2n) is 5.16. The van der Waals surface area contributed by atoms with Crippen LogP contribution in [0.2, 0.25) is 0 Å². The quantitative estimate of drug-likeness (QED) is 0.731. The van der Waals surface area contributed by atoms with Gasteiger partial charge in [0.25, 0.3) is 0 Å². The van der Waals surface area contributed by atoms with Crippen LogP contribution in [0, 0.1) is 0 Å². The number of sulfone groups is 1. The second-order valence-corrected chi connectivity index (χ2v) is 7.38. The van der Waals surface area contributed by atoms with Crippen LogP contribution < -0.4 is 10.6 Å². The molecule has 0 bridgehead atoms. The summed E-state index contributed by atoms with van der Waals surface area (Å²) in [6, 6.07) is 0.398. The summed E-state index contributed by atoms with van der Waals surface area (Å²) >= 11 is 0. The average molecular weight is 270 g/mol. The fourth-order valence-electron chi connectivity index (χ4n) is 2.84. The molecule has 0 radical (unpaired) electrons. The number of nitrogens with one attached hydrogen (secondary N) is 3. The number of anilines is 1. The Bertz CT molecular complexity index is 545. The van der Waals surface area contributed by atoms with Gasteiger partial charge in [-0.3, -0.25) is 5.10 Å². The highest BCUT2D eigenvalue weighted by molar-refractivity contribution is 7.90. The molecule has 1 aliphatic heterocycles. The van der Waals surface area contributed by atoms with Gasteiger partial charge in [0, 0.05) is 24.4 Å². The standard InChI is InChI=1S/C11H18N4O2S/c1-18(16,17)9-3-2-8-10(9)14-15-11(8)13-7-4-5-12-6-7/h7,9,12H,2-6H2,1H3,(H2,13,14,15). The van der Waals surface area contributed by atoms with E-state index in [2.05, 4.69) is 20.8 Å². The molecule has 18 heavy (non-hydrogen) atoms. The number of rotatable bonds is 3. The van der Waals surface area contributed by atoms with Gasteiger partial charge in [-0.2, -0.15) is 5.10 Å². The number of aromatic nitrogens is 2. The summed E-state index contributed by atoms with van der Waals surface area (Å²) in [4.78, 5) is 0. The van der Waals surface area contributed by atoms with Crippen LogP contribution in [0.3, 0.4) is 0 Å². The first kappa shape index (κ1) is 12.0. The second kappa shape index (κ2) is 4.24. The Hall–Kier alpha value is -1.08. The summed E-state index contributed by atoms with van der Waals surface area (Å²) in [6.45, 7) is 1.97. The fraction of sp³-hybridized carbons (Fsp3) is 0.727. The van der Waals surface area contributed by atoms with Crippen LogP contribution in [-0.4, -0.2) is 44.0 Å². The van der Waals surface area contributed by atoms with Gasteiger partial charge in [0.2, 0.25) is 0 Å². The number of hydrogen-bond acceptors (Lipinski definition) is 5. The topological polar surface area (TPSA) is 86.9 Å². The maximum atomic E-state index is 11.7. The monoisotopic (exact) mass is 270 g/mol. The Kier molecular flexibility index (Phi) is 2.82. The van der Waals surface area contributed by atoms with Gasteiger partial charge in [0.1, 0.15) is 5.25 Å². The summed E-state index contributed by atoms with van der Waals surface area (Å²) in [6.07, 6.45) is 3.82. The van der Waals surface area contributed by atoms with E-state index in [-0.39, 0.29) is 0 Å². The highest BCUT2D eigenvalue weighted by Crippen LogP contribution is 2.38. The lowest BCUT2D eigenvalue weighted by Gasteiger charge is -2.10. The molecule has 1 fully saturated rings. The Labute approximate surface area is 106 Å². The van der Waals surface area contributed by atoms with Crippen molar-refractivity contribution in [3.8, 4) is 0 Å². The van der Waals surface area contributed by atoms with Crippen molar-refractivity contribution in [1.29, 1.82) is 0 Å². The summed E-state index contributed by atoms with van der Waals surface area (Å²) in [5.74, 6) is 0.838. The van der Waals surface area contributed by atoms with Crippen LogP contribution in [-0.2, 0) is 16.3 Å². The molecule has 0 spiro atoms. The van der Waals surface area contributed by atoms with Crippen molar-refractivity contribution < 1.29 is 8.42 Å². The van der Waals surface area contributed by atoms with E-state index in [0.717, 1.165) is 43.0 Å². The molecule has 2 unspecified atom stereocenters. The number of fused-ring (bicyclic) bond motifs is 1. The summed E-state index contributed by atoms with van der Waals surface area (Å²) < 4.78 is 23.3. The Balaban J connectivity index is 1.83. The number of nitrogens with zero attached hydrogens (tertiary/aromatic N) is 1. The predicted octanol–water partition coefficient (Wildman–Crippen LogP) is 0.215. The van der Waals surface area contributed by atoms with Crippen LogP contribution in [0.5, 0.6) is 0 Å². The van der Waals surface area contributed by atoms with Crippen molar-refractivity contribution in [3.63, 3.8) is 0 Å². The highest BCUT2D eigenvalue weighted by Gasteiger charge is 2.35. The fourth-order valence-corrected chi connectivity index (χ4v) is 4.01. The van der Waals surface area contributed by atoms with Gasteiger partial charge in [-0.15, -0.1) is 0 Å². The van der Waals surface area contributed by atoms with Gasteiger partial charge in [-0.1, -0.05) is 0 Å². The molecule has 0 saturated carbocycles. The van der Waals surface area contributed by atoms with Gasteiger partial charge in [-0.25, -0.2) is 8.42 Å². The van der Waals surface area contributed by atoms with E-state index >= 15 is 0 Å². The van der Waals surface area contributed by atoms with E-state index in [4.69, 9.17) is 0 Å². The first-order chi connectivity index (χ1) is 8.55. The lowest BCUT2D eigenvalue weighted by molar-refractivity contribution is 0.585. The molecule has 6 nitrogen and oxygen atoms in total. The lowest BCUT2D eigenvalue weighted by atomic mass is 10.2. The summed E-state index contributed by atoms with van der Waals surface area (Å²) in [5, 5.41) is 13.4. The Morgan fingerprint density at radius 2 is 2.22 bits per heavy atom. The zero-order valence-electron chi connectivity index (χ0n) is 10.4. The maximum Gasteiger partial charge on any atom is 0.156 e. The number of H-pyrrole nitrogens is 1. The van der Waals surface area contributed by atoms with Crippen LogP contribution in [0.25, 0.3) is 0 Å². The summed E-state index contributed by atoms with van der Waals surface area (Å²) in [5.41, 5.74) is 1.84. The van der Waals surface area contributed by atoms with E-state index < -0.39 is 15.1 Å². The molecule has 0 aromatic carbocycles. The summed E-state index contributed by atoms with van der Waals surface area (Å²) in [7, 11) is -3.04. The van der Waals surface area contributed by atoms with E-state index in [1.807, 2.05) is 0 Å². The molecule has 7 heteroatoms. The third-order valence-corrected chi connectivity index (χ3v) is 5.30. The van der Waals surface area contributed by atoms with Crippen molar-refractivity contribution >= 4 is 15.7 Å². The molecule has 2 aliphatic rings. The Morgan fingerprint density at radius 3 is 2.89 bits per heavy atom. The Morgan fingerprint density at radius 1 is 1.39 bits per heavy atom. The molecule has 100 valence electrons. The van der Waals surface area contributed by atoms with Crippen molar-refractivity contribution in [1.82, 2.24) is 15.5 Å². The third-order valence-electron chi connectivity index (χ3n) is 3.80. The molecule has 0 amide bonds. The van der Waals surface area contributed by atoms with Crippen LogP contribution >= 0.6 is 0 Å². The predicted molar refractivity (Wildman–Crippen MR) is 69.4 cm³/mol. The maximum absolute atomic E-state index is 11.7. The molecule has 1 aromatic rings. The van der Waals surface area contributed by atoms with E-state index in [1.54, 1.807) is 0 Å². The molecule has 3 rings (SSSR count). The average Bonchev–Trinajstić information content (AvgIpc) is 2.95. The lowest BCUT2D eigenvalue weighted by Crippen LogP contribution is -2.22. The normalized spacial score (nSPS) is 27.4. The number of aromatic amines is 1. The molecule has 2 atom stereocenters. The zero-order chi connectivity index (χ0) is 12.8. The van der Waals surface area contributed by atoms with E-state index in [1.165, 1.54) is 6.26 Å². The van der Waals surface area contributed by atoms with Gasteiger partial charge >= 0.3 is 0 Å². The van der Waals surface area contributed by atoms with Crippen LogP contribution in [0.1, 0.15) is 29.3 Å². The minimum atomic E-state index is -3.04. The molecule has 2 heterocycles. The largest absolute Gasteiger partial charge is 0.364 e. The minimum Gasteiger partial charge on any atom is -0.364 e. The van der Waals surface area contributed by atoms with Gasteiger partial charge < -0.3 is 10.6 Å². The van der Waals surface area contributed by atoms with Gasteiger partial charge in [-0.05, 0) is 25.8 Å². The molecule has 1 saturated heterocycles. The van der Waals surface area contributed by atoms with Gasteiger partial charge in [0.15, 0.2) is 15.7 Å². The van der Waals surface area contributed by atoms with Crippen molar-refractivity contribution in [2.24, 2.45) is 0 Å². The molecular weight excluding hydrogens is 252 g/mol. The van der Waals surface area contributed by atoms with Crippen LogP contribution in [0.15, 0.2) is 0 Å². The molecular formula is C11H18N4O2S. The van der Waals surface area contributed by atoms with Crippen molar-refractivity contribution in [2.45, 2.75) is 30.6 Å².